The van der Waals surface area contributed by atoms with Crippen LogP contribution >= 0.6 is 11.6 Å². The summed E-state index contributed by atoms with van der Waals surface area (Å²) < 4.78 is 5.86. The lowest BCUT2D eigenvalue weighted by Crippen LogP contribution is -2.38. The van der Waals surface area contributed by atoms with Crippen molar-refractivity contribution in [2.45, 2.75) is 45.2 Å². The second-order valence-electron chi connectivity index (χ2n) is 6.96. The van der Waals surface area contributed by atoms with E-state index in [1.807, 2.05) is 42.2 Å². The largest absolute Gasteiger partial charge is 0.439 e. The molecular formula is C21H21ClN2O2. The lowest BCUT2D eigenvalue weighted by molar-refractivity contribution is 0.0646. The van der Waals surface area contributed by atoms with Crippen LogP contribution in [0.4, 0.5) is 0 Å². The van der Waals surface area contributed by atoms with Crippen molar-refractivity contribution in [1.82, 2.24) is 9.88 Å². The quantitative estimate of drug-likeness (QED) is 0.621. The van der Waals surface area contributed by atoms with Gasteiger partial charge in [0.25, 0.3) is 5.91 Å². The maximum atomic E-state index is 13.2. The zero-order chi connectivity index (χ0) is 18.1. The van der Waals surface area contributed by atoms with Crippen molar-refractivity contribution in [3.63, 3.8) is 0 Å². The highest BCUT2D eigenvalue weighted by Gasteiger charge is 2.29. The minimum Gasteiger partial charge on any atom is -0.439 e. The van der Waals surface area contributed by atoms with E-state index in [0.717, 1.165) is 42.3 Å². The number of hydrogen-bond donors (Lipinski definition) is 0. The van der Waals surface area contributed by atoms with Crippen LogP contribution in [0.2, 0.25) is 5.02 Å². The summed E-state index contributed by atoms with van der Waals surface area (Å²) in [6.07, 6.45) is 4.38. The number of aromatic nitrogens is 1. The van der Waals surface area contributed by atoms with Gasteiger partial charge in [-0.15, -0.1) is 0 Å². The van der Waals surface area contributed by atoms with Crippen LogP contribution < -0.4 is 0 Å². The fraction of sp³-hybridized carbons (Fsp3) is 0.333. The van der Waals surface area contributed by atoms with E-state index < -0.39 is 0 Å². The molecular weight excluding hydrogens is 348 g/mol. The second kappa shape index (κ2) is 7.12. The number of nitrogens with zero attached hydrogens (tertiary/aromatic N) is 2. The molecule has 4 nitrogen and oxygen atoms in total. The fourth-order valence-corrected chi connectivity index (χ4v) is 3.85. The van der Waals surface area contributed by atoms with Gasteiger partial charge in [0, 0.05) is 16.6 Å². The standard InChI is InChI=1S/C21H21ClN2O2/c1-14-5-4-6-15(11-14)21(25)24(17-7-2-3-8-17)13-20-23-18-12-16(22)9-10-19(18)26-20/h4-6,9-12,17H,2-3,7-8,13H2,1H3. The number of rotatable bonds is 4. The third-order valence-corrected chi connectivity index (χ3v) is 5.23. The molecule has 1 heterocycles. The lowest BCUT2D eigenvalue weighted by Gasteiger charge is -2.28. The van der Waals surface area contributed by atoms with Crippen LogP contribution in [0.3, 0.4) is 0 Å². The summed E-state index contributed by atoms with van der Waals surface area (Å²) in [7, 11) is 0. The molecule has 26 heavy (non-hydrogen) atoms. The molecule has 1 fully saturated rings. The van der Waals surface area contributed by atoms with Gasteiger partial charge in [0.15, 0.2) is 5.58 Å². The van der Waals surface area contributed by atoms with Gasteiger partial charge < -0.3 is 9.32 Å². The molecule has 134 valence electrons. The molecule has 0 N–H and O–H groups in total. The fourth-order valence-electron chi connectivity index (χ4n) is 3.69. The Morgan fingerprint density at radius 1 is 1.23 bits per heavy atom. The summed E-state index contributed by atoms with van der Waals surface area (Å²) in [5, 5.41) is 0.626. The highest BCUT2D eigenvalue weighted by Crippen LogP contribution is 2.28. The highest BCUT2D eigenvalue weighted by molar-refractivity contribution is 6.31. The molecule has 0 radical (unpaired) electrons. The van der Waals surface area contributed by atoms with Crippen LogP contribution in [0.1, 0.15) is 47.5 Å². The summed E-state index contributed by atoms with van der Waals surface area (Å²) in [4.78, 5) is 19.7. The van der Waals surface area contributed by atoms with Crippen LogP contribution in [-0.4, -0.2) is 21.8 Å². The molecule has 0 bridgehead atoms. The van der Waals surface area contributed by atoms with Gasteiger partial charge in [0.2, 0.25) is 5.89 Å². The summed E-state index contributed by atoms with van der Waals surface area (Å²) >= 11 is 6.04. The first-order chi connectivity index (χ1) is 12.6. The average Bonchev–Trinajstić information content (AvgIpc) is 3.28. The first kappa shape index (κ1) is 17.1. The zero-order valence-corrected chi connectivity index (χ0v) is 15.5. The van der Waals surface area contributed by atoms with E-state index in [1.165, 1.54) is 0 Å². The van der Waals surface area contributed by atoms with Crippen molar-refractivity contribution in [2.75, 3.05) is 0 Å². The van der Waals surface area contributed by atoms with E-state index in [1.54, 1.807) is 12.1 Å². The topological polar surface area (TPSA) is 46.3 Å². The first-order valence-electron chi connectivity index (χ1n) is 9.03. The maximum Gasteiger partial charge on any atom is 0.254 e. The van der Waals surface area contributed by atoms with Gasteiger partial charge in [-0.3, -0.25) is 4.79 Å². The number of amides is 1. The van der Waals surface area contributed by atoms with Gasteiger partial charge in [-0.1, -0.05) is 42.1 Å². The third kappa shape index (κ3) is 3.47. The molecule has 4 rings (SSSR count). The molecule has 0 atom stereocenters. The minimum atomic E-state index is 0.0425. The molecule has 1 amide bonds. The molecule has 1 saturated carbocycles. The molecule has 0 spiro atoms. The van der Waals surface area contributed by atoms with E-state index in [-0.39, 0.29) is 11.9 Å². The number of benzene rings is 2. The Morgan fingerprint density at radius 3 is 2.81 bits per heavy atom. The maximum absolute atomic E-state index is 13.2. The van der Waals surface area contributed by atoms with Crippen molar-refractivity contribution >= 4 is 28.6 Å². The Labute approximate surface area is 157 Å². The minimum absolute atomic E-state index is 0.0425. The lowest BCUT2D eigenvalue weighted by atomic mass is 10.1. The number of carbonyl (C=O) groups excluding carboxylic acids is 1. The average molecular weight is 369 g/mol. The van der Waals surface area contributed by atoms with Crippen molar-refractivity contribution in [2.24, 2.45) is 0 Å². The Kier molecular flexibility index (Phi) is 4.68. The Balaban J connectivity index is 1.65. The SMILES string of the molecule is Cc1cccc(C(=O)N(Cc2nc3cc(Cl)ccc3o2)C2CCCC2)c1. The molecule has 5 heteroatoms. The molecule has 2 aromatic carbocycles. The number of aryl methyl sites for hydroxylation is 1. The Hall–Kier alpha value is -2.33. The first-order valence-corrected chi connectivity index (χ1v) is 9.40. The molecule has 1 aliphatic rings. The number of hydrogen-bond acceptors (Lipinski definition) is 3. The van der Waals surface area contributed by atoms with Crippen molar-refractivity contribution in [3.8, 4) is 0 Å². The molecule has 0 unspecified atom stereocenters. The summed E-state index contributed by atoms with van der Waals surface area (Å²) in [5.74, 6) is 0.594. The van der Waals surface area contributed by atoms with Crippen LogP contribution in [0.5, 0.6) is 0 Å². The van der Waals surface area contributed by atoms with E-state index in [2.05, 4.69) is 4.98 Å². The zero-order valence-electron chi connectivity index (χ0n) is 14.7. The number of oxazole rings is 1. The predicted molar refractivity (Wildman–Crippen MR) is 102 cm³/mol. The normalized spacial score (nSPS) is 14.8. The predicted octanol–water partition coefficient (Wildman–Crippen LogP) is 5.37. The van der Waals surface area contributed by atoms with Crippen LogP contribution in [0.15, 0.2) is 46.9 Å². The molecule has 1 aliphatic carbocycles. The highest BCUT2D eigenvalue weighted by atomic mass is 35.5. The Bertz CT molecular complexity index is 944. The second-order valence-corrected chi connectivity index (χ2v) is 7.40. The van der Waals surface area contributed by atoms with Gasteiger partial charge in [-0.25, -0.2) is 4.98 Å². The number of halogens is 1. The van der Waals surface area contributed by atoms with Gasteiger partial charge in [-0.2, -0.15) is 0 Å². The van der Waals surface area contributed by atoms with E-state index in [0.29, 0.717) is 23.0 Å². The molecule has 0 saturated heterocycles. The summed E-state index contributed by atoms with van der Waals surface area (Å²) in [6.45, 7) is 2.38. The van der Waals surface area contributed by atoms with E-state index >= 15 is 0 Å². The molecule has 0 aliphatic heterocycles. The van der Waals surface area contributed by atoms with Gasteiger partial charge in [0.1, 0.15) is 5.52 Å². The molecule has 3 aromatic rings. The van der Waals surface area contributed by atoms with Crippen LogP contribution in [-0.2, 0) is 6.54 Å². The number of carbonyl (C=O) groups is 1. The van der Waals surface area contributed by atoms with Crippen LogP contribution in [0.25, 0.3) is 11.1 Å². The van der Waals surface area contributed by atoms with Gasteiger partial charge in [-0.05, 0) is 50.1 Å². The van der Waals surface area contributed by atoms with Gasteiger partial charge >= 0.3 is 0 Å². The Morgan fingerprint density at radius 2 is 2.04 bits per heavy atom. The van der Waals surface area contributed by atoms with E-state index in [4.69, 9.17) is 16.0 Å². The smallest absolute Gasteiger partial charge is 0.254 e. The number of fused-ring (bicyclic) bond motifs is 1. The van der Waals surface area contributed by atoms with Crippen LogP contribution in [0, 0.1) is 6.92 Å². The van der Waals surface area contributed by atoms with Crippen molar-refractivity contribution < 1.29 is 9.21 Å². The third-order valence-electron chi connectivity index (χ3n) is 4.99. The monoisotopic (exact) mass is 368 g/mol. The summed E-state index contributed by atoms with van der Waals surface area (Å²) in [6, 6.07) is 13.4. The molecule has 1 aromatic heterocycles. The van der Waals surface area contributed by atoms with E-state index in [9.17, 15) is 4.79 Å². The van der Waals surface area contributed by atoms with Gasteiger partial charge in [0.05, 0.1) is 6.54 Å². The summed E-state index contributed by atoms with van der Waals surface area (Å²) in [5.41, 5.74) is 3.22. The van der Waals surface area contributed by atoms with Crippen molar-refractivity contribution in [3.05, 3.63) is 64.5 Å². The van der Waals surface area contributed by atoms with Crippen molar-refractivity contribution in [1.29, 1.82) is 0 Å².